The van der Waals surface area contributed by atoms with Gasteiger partial charge in [0.2, 0.25) is 6.41 Å². The maximum absolute atomic E-state index is 8.58. The zero-order valence-electron chi connectivity index (χ0n) is 6.23. The lowest BCUT2D eigenvalue weighted by atomic mass is 10.5. The first-order valence-electron chi connectivity index (χ1n) is 2.94. The Morgan fingerprint density at radius 3 is 2.64 bits per heavy atom. The lowest BCUT2D eigenvalue weighted by Gasteiger charge is -1.93. The summed E-state index contributed by atoms with van der Waals surface area (Å²) in [5, 5.41) is 0. The molecule has 1 rings (SSSR count). The highest BCUT2D eigenvalue weighted by Gasteiger charge is 1.81. The first-order valence-corrected chi connectivity index (χ1v) is 2.94. The van der Waals surface area contributed by atoms with Crippen molar-refractivity contribution >= 4 is 6.41 Å². The van der Waals surface area contributed by atoms with E-state index >= 15 is 0 Å². The van der Waals surface area contributed by atoms with Crippen LogP contribution in [0.3, 0.4) is 0 Å². The molecule has 1 heterocycles. The van der Waals surface area contributed by atoms with Crippen molar-refractivity contribution in [3.8, 4) is 5.75 Å². The Labute approximate surface area is 65.0 Å². The summed E-state index contributed by atoms with van der Waals surface area (Å²) < 4.78 is 4.85. The molecule has 0 radical (unpaired) electrons. The molecule has 0 unspecified atom stereocenters. The third-order valence-electron chi connectivity index (χ3n) is 0.870. The highest BCUT2D eigenvalue weighted by molar-refractivity contribution is 5.42. The van der Waals surface area contributed by atoms with Crippen molar-refractivity contribution in [1.29, 1.82) is 0 Å². The average molecular weight is 154 g/mol. The van der Waals surface area contributed by atoms with Crippen molar-refractivity contribution in [3.05, 3.63) is 24.5 Å². The molecule has 1 aromatic rings. The predicted octanol–water partition coefficient (Wildman–Crippen LogP) is 0.192. The lowest BCUT2D eigenvalue weighted by molar-refractivity contribution is -0.106. The molecule has 60 valence electrons. The zero-order valence-corrected chi connectivity index (χ0v) is 6.23. The summed E-state index contributed by atoms with van der Waals surface area (Å²) in [6.07, 6.45) is 3.63. The van der Waals surface area contributed by atoms with Crippen molar-refractivity contribution in [2.75, 3.05) is 7.11 Å². The number of hydrogen-bond donors (Lipinski definition) is 1. The van der Waals surface area contributed by atoms with Crippen LogP contribution in [0.15, 0.2) is 24.5 Å². The summed E-state index contributed by atoms with van der Waals surface area (Å²) in [6.45, 7) is 0. The van der Waals surface area contributed by atoms with Gasteiger partial charge in [0.1, 0.15) is 5.75 Å². The molecule has 0 bridgehead atoms. The molecule has 1 aromatic heterocycles. The van der Waals surface area contributed by atoms with E-state index < -0.39 is 0 Å². The van der Waals surface area contributed by atoms with Crippen LogP contribution in [-0.2, 0) is 4.79 Å². The average Bonchev–Trinajstić information content (AvgIpc) is 2.08. The molecule has 4 heteroatoms. The summed E-state index contributed by atoms with van der Waals surface area (Å²) >= 11 is 0. The summed E-state index contributed by atoms with van der Waals surface area (Å²) in [5.41, 5.74) is 4.17. The number of carbonyl (C=O) groups excluding carboxylic acids is 1. The van der Waals surface area contributed by atoms with Gasteiger partial charge in [-0.2, -0.15) is 0 Å². The molecule has 0 saturated carbocycles. The van der Waals surface area contributed by atoms with E-state index in [0.717, 1.165) is 5.75 Å². The Morgan fingerprint density at radius 1 is 1.73 bits per heavy atom. The molecule has 4 nitrogen and oxygen atoms in total. The number of rotatable bonds is 1. The number of nitrogens with two attached hydrogens (primary N) is 1. The Hall–Kier alpha value is -1.58. The largest absolute Gasteiger partial charge is 0.495 e. The van der Waals surface area contributed by atoms with Crippen molar-refractivity contribution < 1.29 is 9.53 Å². The monoisotopic (exact) mass is 154 g/mol. The number of ether oxygens (including phenoxy) is 1. The maximum Gasteiger partial charge on any atom is 0.204 e. The maximum atomic E-state index is 8.58. The van der Waals surface area contributed by atoms with Gasteiger partial charge in [0.05, 0.1) is 13.3 Å². The quantitative estimate of drug-likeness (QED) is 0.587. The van der Waals surface area contributed by atoms with Gasteiger partial charge in [-0.05, 0) is 12.1 Å². The number of amides is 1. The molecule has 0 aromatic carbocycles. The number of nitrogens with zero attached hydrogens (tertiary/aromatic N) is 1. The van der Waals surface area contributed by atoms with E-state index in [-0.39, 0.29) is 6.41 Å². The second-order valence-corrected chi connectivity index (χ2v) is 1.53. The van der Waals surface area contributed by atoms with E-state index in [4.69, 9.17) is 9.53 Å². The van der Waals surface area contributed by atoms with E-state index in [2.05, 4.69) is 10.7 Å². The van der Waals surface area contributed by atoms with E-state index in [1.54, 1.807) is 19.5 Å². The fourth-order valence-electron chi connectivity index (χ4n) is 0.468. The van der Waals surface area contributed by atoms with Crippen molar-refractivity contribution in [2.24, 2.45) is 5.73 Å². The van der Waals surface area contributed by atoms with Crippen molar-refractivity contribution in [1.82, 2.24) is 4.98 Å². The predicted molar refractivity (Wildman–Crippen MR) is 41.0 cm³/mol. The topological polar surface area (TPSA) is 65.2 Å². The number of methoxy groups -OCH3 is 1. The Balaban J connectivity index is 0.000000292. The van der Waals surface area contributed by atoms with Gasteiger partial charge in [-0.15, -0.1) is 0 Å². The molecule has 0 saturated heterocycles. The third-order valence-corrected chi connectivity index (χ3v) is 0.870. The normalized spacial score (nSPS) is 7.36. The Kier molecular flexibility index (Phi) is 5.60. The smallest absolute Gasteiger partial charge is 0.204 e. The van der Waals surface area contributed by atoms with E-state index in [1.165, 1.54) is 0 Å². The molecule has 2 N–H and O–H groups in total. The molecule has 1 amide bonds. The minimum Gasteiger partial charge on any atom is -0.495 e. The highest BCUT2D eigenvalue weighted by Crippen LogP contribution is 2.02. The fraction of sp³-hybridized carbons (Fsp3) is 0.143. The molecular weight excluding hydrogens is 144 g/mol. The van der Waals surface area contributed by atoms with Crippen LogP contribution in [0.2, 0.25) is 0 Å². The summed E-state index contributed by atoms with van der Waals surface area (Å²) in [6, 6.07) is 3.69. The molecule has 0 fully saturated rings. The molecule has 0 aliphatic heterocycles. The number of carbonyl (C=O) groups is 1. The highest BCUT2D eigenvalue weighted by atomic mass is 16.5. The van der Waals surface area contributed by atoms with E-state index in [9.17, 15) is 0 Å². The van der Waals surface area contributed by atoms with Crippen LogP contribution in [-0.4, -0.2) is 18.5 Å². The van der Waals surface area contributed by atoms with Crippen LogP contribution in [0.5, 0.6) is 5.75 Å². The summed E-state index contributed by atoms with van der Waals surface area (Å²) in [7, 11) is 1.62. The van der Waals surface area contributed by atoms with Crippen LogP contribution < -0.4 is 10.5 Å². The number of primary amides is 1. The molecule has 11 heavy (non-hydrogen) atoms. The van der Waals surface area contributed by atoms with Crippen molar-refractivity contribution in [2.45, 2.75) is 0 Å². The Morgan fingerprint density at radius 2 is 2.36 bits per heavy atom. The zero-order chi connectivity index (χ0) is 8.53. The summed E-state index contributed by atoms with van der Waals surface area (Å²) in [4.78, 5) is 12.4. The minimum atomic E-state index is 0.250. The lowest BCUT2D eigenvalue weighted by Crippen LogP contribution is -1.82. The molecule has 0 atom stereocenters. The van der Waals surface area contributed by atoms with E-state index in [0.29, 0.717) is 0 Å². The molecule has 0 aliphatic carbocycles. The number of pyridine rings is 1. The second kappa shape index (κ2) is 6.54. The minimum absolute atomic E-state index is 0.250. The van der Waals surface area contributed by atoms with E-state index in [1.807, 2.05) is 12.1 Å². The van der Waals surface area contributed by atoms with Gasteiger partial charge in [0, 0.05) is 6.20 Å². The van der Waals surface area contributed by atoms with Crippen LogP contribution in [0.25, 0.3) is 0 Å². The van der Waals surface area contributed by atoms with Crippen LogP contribution in [0.4, 0.5) is 0 Å². The van der Waals surface area contributed by atoms with Gasteiger partial charge in [0.25, 0.3) is 0 Å². The van der Waals surface area contributed by atoms with Crippen LogP contribution in [0, 0.1) is 0 Å². The molecule has 0 spiro atoms. The second-order valence-electron chi connectivity index (χ2n) is 1.53. The van der Waals surface area contributed by atoms with Gasteiger partial charge < -0.3 is 10.5 Å². The van der Waals surface area contributed by atoms with Gasteiger partial charge in [-0.3, -0.25) is 9.78 Å². The third kappa shape index (κ3) is 4.90. The first-order chi connectivity index (χ1) is 5.35. The van der Waals surface area contributed by atoms with Gasteiger partial charge >= 0.3 is 0 Å². The summed E-state index contributed by atoms with van der Waals surface area (Å²) in [5.74, 6) is 0.799. The van der Waals surface area contributed by atoms with Gasteiger partial charge in [-0.1, -0.05) is 0 Å². The molecule has 0 aliphatic rings. The Bertz CT molecular complexity index is 189. The standard InChI is InChI=1S/C6H7NO.CH3NO/c1-8-6-3-2-4-7-5-6;2-1-3/h2-5H,1H3;1H,(H2,2,3). The van der Waals surface area contributed by atoms with Crippen LogP contribution >= 0.6 is 0 Å². The number of aromatic nitrogens is 1. The van der Waals surface area contributed by atoms with Gasteiger partial charge in [-0.25, -0.2) is 0 Å². The first kappa shape index (κ1) is 9.42. The number of hydrogen-bond acceptors (Lipinski definition) is 3. The van der Waals surface area contributed by atoms with Crippen LogP contribution in [0.1, 0.15) is 0 Å². The van der Waals surface area contributed by atoms with Gasteiger partial charge in [0.15, 0.2) is 0 Å². The fourth-order valence-corrected chi connectivity index (χ4v) is 0.468. The SMILES string of the molecule is COc1cccnc1.NC=O. The molecular formula is C7H10N2O2. The van der Waals surface area contributed by atoms with Crippen molar-refractivity contribution in [3.63, 3.8) is 0 Å².